The number of methoxy groups -OCH3 is 2. The molecule has 0 saturated carbocycles. The monoisotopic (exact) mass is 282 g/mol. The van der Waals surface area contributed by atoms with Crippen molar-refractivity contribution in [2.75, 3.05) is 19.5 Å². The Labute approximate surface area is 114 Å². The SMILES string of the molecule is COC(=O)c1ccc(N[C@H](C)C(=O)OC)c([N+](=O)[O-])c1. The van der Waals surface area contributed by atoms with Crippen molar-refractivity contribution in [2.45, 2.75) is 13.0 Å². The molecule has 0 saturated heterocycles. The van der Waals surface area contributed by atoms with Gasteiger partial charge in [-0.2, -0.15) is 0 Å². The fraction of sp³-hybridized carbons (Fsp3) is 0.333. The van der Waals surface area contributed by atoms with Crippen molar-refractivity contribution in [3.05, 3.63) is 33.9 Å². The molecule has 20 heavy (non-hydrogen) atoms. The van der Waals surface area contributed by atoms with E-state index < -0.39 is 22.9 Å². The molecule has 0 aliphatic heterocycles. The van der Waals surface area contributed by atoms with Gasteiger partial charge in [0.15, 0.2) is 0 Å². The molecule has 108 valence electrons. The number of ether oxygens (including phenoxy) is 2. The third-order valence-electron chi connectivity index (χ3n) is 2.54. The molecule has 0 aliphatic rings. The van der Waals surface area contributed by atoms with Gasteiger partial charge < -0.3 is 14.8 Å². The Morgan fingerprint density at radius 1 is 1.30 bits per heavy atom. The van der Waals surface area contributed by atoms with Gasteiger partial charge in [0.2, 0.25) is 0 Å². The van der Waals surface area contributed by atoms with E-state index in [2.05, 4.69) is 14.8 Å². The summed E-state index contributed by atoms with van der Waals surface area (Å²) < 4.78 is 9.01. The zero-order valence-electron chi connectivity index (χ0n) is 11.2. The van der Waals surface area contributed by atoms with Crippen LogP contribution in [0.5, 0.6) is 0 Å². The van der Waals surface area contributed by atoms with Gasteiger partial charge in [0, 0.05) is 6.07 Å². The van der Waals surface area contributed by atoms with Gasteiger partial charge in [-0.15, -0.1) is 0 Å². The minimum atomic E-state index is -0.761. The molecule has 0 heterocycles. The zero-order valence-corrected chi connectivity index (χ0v) is 11.2. The number of anilines is 1. The van der Waals surface area contributed by atoms with Gasteiger partial charge in [0.1, 0.15) is 11.7 Å². The number of benzene rings is 1. The Kier molecular flexibility index (Phi) is 5.01. The maximum absolute atomic E-state index is 11.3. The molecule has 1 atom stereocenters. The molecule has 0 fully saturated rings. The highest BCUT2D eigenvalue weighted by Gasteiger charge is 2.21. The summed E-state index contributed by atoms with van der Waals surface area (Å²) in [6.07, 6.45) is 0. The van der Waals surface area contributed by atoms with Crippen LogP contribution >= 0.6 is 0 Å². The molecule has 1 rings (SSSR count). The smallest absolute Gasteiger partial charge is 0.338 e. The molecular formula is C12H14N2O6. The second kappa shape index (κ2) is 6.50. The van der Waals surface area contributed by atoms with Crippen molar-refractivity contribution in [2.24, 2.45) is 0 Å². The second-order valence-electron chi connectivity index (χ2n) is 3.87. The summed E-state index contributed by atoms with van der Waals surface area (Å²) in [6, 6.07) is 3.02. The van der Waals surface area contributed by atoms with E-state index in [1.165, 1.54) is 33.3 Å². The lowest BCUT2D eigenvalue weighted by Gasteiger charge is -2.13. The average molecular weight is 282 g/mol. The van der Waals surface area contributed by atoms with Crippen LogP contribution in [0.25, 0.3) is 0 Å². The lowest BCUT2D eigenvalue weighted by atomic mass is 10.1. The first-order valence-electron chi connectivity index (χ1n) is 5.61. The highest BCUT2D eigenvalue weighted by molar-refractivity contribution is 5.91. The molecular weight excluding hydrogens is 268 g/mol. The second-order valence-corrected chi connectivity index (χ2v) is 3.87. The topological polar surface area (TPSA) is 108 Å². The third-order valence-corrected chi connectivity index (χ3v) is 2.54. The largest absolute Gasteiger partial charge is 0.467 e. The summed E-state index contributed by atoms with van der Waals surface area (Å²) in [4.78, 5) is 33.0. The predicted octanol–water partition coefficient (Wildman–Crippen LogP) is 1.35. The van der Waals surface area contributed by atoms with Crippen molar-refractivity contribution in [3.8, 4) is 0 Å². The van der Waals surface area contributed by atoms with Gasteiger partial charge in [0.05, 0.1) is 24.7 Å². The highest BCUT2D eigenvalue weighted by Crippen LogP contribution is 2.26. The van der Waals surface area contributed by atoms with Gasteiger partial charge in [-0.05, 0) is 19.1 Å². The summed E-state index contributed by atoms with van der Waals surface area (Å²) >= 11 is 0. The lowest BCUT2D eigenvalue weighted by Crippen LogP contribution is -2.27. The number of carbonyl (C=O) groups is 2. The Morgan fingerprint density at radius 2 is 1.95 bits per heavy atom. The predicted molar refractivity (Wildman–Crippen MR) is 69.5 cm³/mol. The van der Waals surface area contributed by atoms with E-state index in [4.69, 9.17) is 0 Å². The van der Waals surface area contributed by atoms with Gasteiger partial charge in [-0.25, -0.2) is 9.59 Å². The van der Waals surface area contributed by atoms with Crippen molar-refractivity contribution >= 4 is 23.3 Å². The van der Waals surface area contributed by atoms with E-state index in [9.17, 15) is 19.7 Å². The standard InChI is InChI=1S/C12H14N2O6/c1-7(11(15)19-2)13-9-5-4-8(12(16)20-3)6-10(9)14(17)18/h4-7,13H,1-3H3/t7-/m1/s1. The van der Waals surface area contributed by atoms with Gasteiger partial charge in [-0.3, -0.25) is 10.1 Å². The normalized spacial score (nSPS) is 11.3. The minimum Gasteiger partial charge on any atom is -0.467 e. The fourth-order valence-corrected chi connectivity index (χ4v) is 1.52. The van der Waals surface area contributed by atoms with E-state index in [1.807, 2.05) is 0 Å². The van der Waals surface area contributed by atoms with E-state index >= 15 is 0 Å². The Balaban J connectivity index is 3.11. The molecule has 8 nitrogen and oxygen atoms in total. The molecule has 1 aromatic carbocycles. The number of nitro benzene ring substituents is 1. The maximum atomic E-state index is 11.3. The number of nitrogens with zero attached hydrogens (tertiary/aromatic N) is 1. The Hall–Kier alpha value is -2.64. The van der Waals surface area contributed by atoms with Gasteiger partial charge >= 0.3 is 11.9 Å². The average Bonchev–Trinajstić information content (AvgIpc) is 2.45. The van der Waals surface area contributed by atoms with E-state index in [-0.39, 0.29) is 16.9 Å². The highest BCUT2D eigenvalue weighted by atomic mass is 16.6. The van der Waals surface area contributed by atoms with E-state index in [0.29, 0.717) is 0 Å². The molecule has 0 aromatic heterocycles. The molecule has 0 bridgehead atoms. The zero-order chi connectivity index (χ0) is 15.3. The number of carbonyl (C=O) groups excluding carboxylic acids is 2. The molecule has 1 aromatic rings. The summed E-state index contributed by atoms with van der Waals surface area (Å²) in [5.74, 6) is -1.24. The van der Waals surface area contributed by atoms with Crippen LogP contribution in [0.3, 0.4) is 0 Å². The Bertz CT molecular complexity index is 543. The van der Waals surface area contributed by atoms with Crippen molar-refractivity contribution in [1.29, 1.82) is 0 Å². The van der Waals surface area contributed by atoms with E-state index in [0.717, 1.165) is 6.07 Å². The number of hydrogen-bond donors (Lipinski definition) is 1. The van der Waals surface area contributed by atoms with Crippen LogP contribution in [0.1, 0.15) is 17.3 Å². The molecule has 8 heteroatoms. The molecule has 0 spiro atoms. The molecule has 0 aliphatic carbocycles. The number of nitrogens with one attached hydrogen (secondary N) is 1. The van der Waals surface area contributed by atoms with Crippen molar-refractivity contribution in [3.63, 3.8) is 0 Å². The van der Waals surface area contributed by atoms with Gasteiger partial charge in [-0.1, -0.05) is 0 Å². The summed E-state index contributed by atoms with van der Waals surface area (Å²) in [5, 5.41) is 13.7. The van der Waals surface area contributed by atoms with Crippen LogP contribution in [-0.2, 0) is 14.3 Å². The molecule has 1 N–H and O–H groups in total. The number of rotatable bonds is 5. The maximum Gasteiger partial charge on any atom is 0.338 e. The van der Waals surface area contributed by atoms with Gasteiger partial charge in [0.25, 0.3) is 5.69 Å². The quantitative estimate of drug-likeness (QED) is 0.493. The summed E-state index contributed by atoms with van der Waals surface area (Å²) in [7, 11) is 2.40. The lowest BCUT2D eigenvalue weighted by molar-refractivity contribution is -0.384. The molecule has 0 unspecified atom stereocenters. The van der Waals surface area contributed by atoms with Crippen LogP contribution < -0.4 is 5.32 Å². The fourth-order valence-electron chi connectivity index (χ4n) is 1.52. The number of hydrogen-bond acceptors (Lipinski definition) is 7. The molecule has 0 radical (unpaired) electrons. The van der Waals surface area contributed by atoms with Crippen LogP contribution in [-0.4, -0.2) is 37.1 Å². The van der Waals surface area contributed by atoms with Crippen LogP contribution in [0, 0.1) is 10.1 Å². The van der Waals surface area contributed by atoms with Crippen molar-refractivity contribution in [1.82, 2.24) is 0 Å². The van der Waals surface area contributed by atoms with Crippen LogP contribution in [0.15, 0.2) is 18.2 Å². The van der Waals surface area contributed by atoms with E-state index in [1.54, 1.807) is 0 Å². The first kappa shape index (κ1) is 15.4. The minimum absolute atomic E-state index is 0.0514. The number of nitro groups is 1. The summed E-state index contributed by atoms with van der Waals surface area (Å²) in [6.45, 7) is 1.50. The molecule has 0 amide bonds. The number of esters is 2. The summed E-state index contributed by atoms with van der Waals surface area (Å²) in [5.41, 5.74) is -0.167. The third kappa shape index (κ3) is 3.44. The van der Waals surface area contributed by atoms with Crippen LogP contribution in [0.2, 0.25) is 0 Å². The first-order chi connectivity index (χ1) is 9.40. The first-order valence-corrected chi connectivity index (χ1v) is 5.61. The van der Waals surface area contributed by atoms with Crippen molar-refractivity contribution < 1.29 is 24.0 Å². The van der Waals surface area contributed by atoms with Crippen LogP contribution in [0.4, 0.5) is 11.4 Å². The Morgan fingerprint density at radius 3 is 2.45 bits per heavy atom.